The average molecular weight is 560 g/mol. The van der Waals surface area contributed by atoms with Gasteiger partial charge in [-0.15, -0.1) is 0 Å². The predicted molar refractivity (Wildman–Crippen MR) is 144 cm³/mol. The Hall–Kier alpha value is -3.28. The average Bonchev–Trinajstić information content (AvgIpc) is 2.86. The van der Waals surface area contributed by atoms with Gasteiger partial charge in [-0.1, -0.05) is 13.8 Å². The van der Waals surface area contributed by atoms with Crippen molar-refractivity contribution in [3.05, 3.63) is 51.2 Å². The van der Waals surface area contributed by atoms with E-state index >= 15 is 4.39 Å². The van der Waals surface area contributed by atoms with Crippen LogP contribution < -0.4 is 5.73 Å². The zero-order valence-electron chi connectivity index (χ0n) is 23.7. The molecule has 0 heterocycles. The maximum absolute atomic E-state index is 16.1. The largest absolute Gasteiger partial charge is 0.510 e. The Morgan fingerprint density at radius 2 is 1.82 bits per heavy atom. The molecule has 218 valence electrons. The molecule has 4 atom stereocenters. The van der Waals surface area contributed by atoms with E-state index in [1.54, 1.807) is 14.1 Å². The fourth-order valence-corrected chi connectivity index (χ4v) is 6.65. The summed E-state index contributed by atoms with van der Waals surface area (Å²) in [5.74, 6) is -8.23. The van der Waals surface area contributed by atoms with Crippen LogP contribution in [0.4, 0.5) is 4.39 Å². The Balaban J connectivity index is 1.87. The molecule has 0 fully saturated rings. The number of Topliss-reactive ketones (excluding diaryl/α,β-unsaturated/α-hetero) is 2. The molecule has 3 aliphatic rings. The molecule has 0 radical (unpaired) electrons. The van der Waals surface area contributed by atoms with E-state index in [0.29, 0.717) is 6.54 Å². The third-order valence-corrected chi connectivity index (χ3v) is 9.20. The van der Waals surface area contributed by atoms with E-state index in [1.807, 2.05) is 27.7 Å². The first-order valence-electron chi connectivity index (χ1n) is 13.5. The van der Waals surface area contributed by atoms with Gasteiger partial charge in [0.05, 0.1) is 11.6 Å². The van der Waals surface area contributed by atoms with Crippen molar-refractivity contribution in [1.82, 2.24) is 9.80 Å². The smallest absolute Gasteiger partial charge is 0.255 e. The Morgan fingerprint density at radius 3 is 2.35 bits per heavy atom. The van der Waals surface area contributed by atoms with Crippen molar-refractivity contribution in [3.63, 3.8) is 0 Å². The van der Waals surface area contributed by atoms with Crippen LogP contribution in [0.5, 0.6) is 5.75 Å². The van der Waals surface area contributed by atoms with Gasteiger partial charge in [-0.2, -0.15) is 0 Å². The predicted octanol–water partition coefficient (Wildman–Crippen LogP) is 2.27. The summed E-state index contributed by atoms with van der Waals surface area (Å²) in [5.41, 5.74) is 1.07. The molecule has 1 amide bonds. The molecular formula is C29H38FN3O7. The number of hydrogen-bond donors (Lipinski definition) is 5. The Labute approximate surface area is 232 Å². The van der Waals surface area contributed by atoms with Crippen LogP contribution >= 0.6 is 0 Å². The summed E-state index contributed by atoms with van der Waals surface area (Å²) in [6, 6.07) is 0.0998. The third kappa shape index (κ3) is 4.13. The minimum Gasteiger partial charge on any atom is -0.510 e. The number of primary amides is 1. The highest BCUT2D eigenvalue weighted by Crippen LogP contribution is 2.52. The lowest BCUT2D eigenvalue weighted by Gasteiger charge is -2.50. The molecule has 40 heavy (non-hydrogen) atoms. The number of aromatic hydroxyl groups is 1. The van der Waals surface area contributed by atoms with Crippen molar-refractivity contribution >= 4 is 17.5 Å². The van der Waals surface area contributed by atoms with Crippen LogP contribution in [0.25, 0.3) is 0 Å². The number of phenols is 1. The third-order valence-electron chi connectivity index (χ3n) is 9.20. The zero-order valence-corrected chi connectivity index (χ0v) is 23.7. The number of ketones is 2. The summed E-state index contributed by atoms with van der Waals surface area (Å²) in [5, 5.41) is 44.7. The number of hydrogen-bond acceptors (Lipinski definition) is 9. The Morgan fingerprint density at radius 1 is 1.20 bits per heavy atom. The molecular weight excluding hydrogens is 521 g/mol. The van der Waals surface area contributed by atoms with Crippen LogP contribution in [-0.4, -0.2) is 85.5 Å². The first-order chi connectivity index (χ1) is 18.5. The number of likely N-dealkylation sites (N-methyl/N-ethyl adjacent to an activating group) is 1. The van der Waals surface area contributed by atoms with Gasteiger partial charge in [-0.25, -0.2) is 4.39 Å². The highest BCUT2D eigenvalue weighted by Gasteiger charge is 2.63. The number of carbonyl (C=O) groups is 3. The van der Waals surface area contributed by atoms with Crippen LogP contribution in [0.1, 0.15) is 62.0 Å². The van der Waals surface area contributed by atoms with Gasteiger partial charge in [-0.05, 0) is 65.7 Å². The van der Waals surface area contributed by atoms with E-state index in [-0.39, 0.29) is 47.2 Å². The summed E-state index contributed by atoms with van der Waals surface area (Å²) >= 11 is 0. The van der Waals surface area contributed by atoms with E-state index in [1.165, 1.54) is 11.0 Å². The Bertz CT molecular complexity index is 1370. The van der Waals surface area contributed by atoms with Gasteiger partial charge >= 0.3 is 0 Å². The lowest BCUT2D eigenvalue weighted by molar-refractivity contribution is -0.148. The molecule has 0 saturated heterocycles. The standard InChI is InChI=1S/C29H38FN3O7/c1-7-28(3,4)33(8-2)12-14-11-17(34)19-15(21(14)30)9-13-10-16-22(32(5)6)24(36)20(27(31)39)26(38)29(16,40)25(37)18(13)23(19)35/h11,13,16,22,34,36-37,40H,7-10,12H2,1-6H3,(H2,31,39)/t13-,16-,22-,29-/m0/s1. The van der Waals surface area contributed by atoms with E-state index in [2.05, 4.69) is 4.90 Å². The molecule has 10 nitrogen and oxygen atoms in total. The summed E-state index contributed by atoms with van der Waals surface area (Å²) < 4.78 is 16.1. The van der Waals surface area contributed by atoms with Crippen LogP contribution in [0.15, 0.2) is 28.7 Å². The zero-order chi connectivity index (χ0) is 30.1. The number of aliphatic hydroxyl groups is 3. The van der Waals surface area contributed by atoms with Gasteiger partial charge < -0.3 is 26.2 Å². The number of allylic oxidation sites excluding steroid dienone is 1. The number of rotatable bonds is 7. The number of carbonyl (C=O) groups excluding carboxylic acids is 3. The van der Waals surface area contributed by atoms with Gasteiger partial charge in [0, 0.05) is 34.7 Å². The first kappa shape index (κ1) is 29.7. The molecule has 0 saturated carbocycles. The molecule has 11 heteroatoms. The van der Waals surface area contributed by atoms with Crippen LogP contribution in [0.3, 0.4) is 0 Å². The second-order valence-corrected chi connectivity index (χ2v) is 11.9. The minimum atomic E-state index is -2.73. The number of benzene rings is 1. The lowest BCUT2D eigenvalue weighted by Crippen LogP contribution is -2.63. The summed E-state index contributed by atoms with van der Waals surface area (Å²) in [6.45, 7) is 8.90. The van der Waals surface area contributed by atoms with E-state index in [0.717, 1.165) is 6.42 Å². The van der Waals surface area contributed by atoms with Gasteiger partial charge in [-0.3, -0.25) is 24.2 Å². The topological polar surface area (TPSA) is 165 Å². The minimum absolute atomic E-state index is 0.00141. The normalized spacial score (nSPS) is 26.8. The van der Waals surface area contributed by atoms with Crippen LogP contribution in [0.2, 0.25) is 0 Å². The van der Waals surface area contributed by atoms with Crippen molar-refractivity contribution in [2.45, 2.75) is 70.7 Å². The molecule has 0 aliphatic heterocycles. The van der Waals surface area contributed by atoms with Crippen molar-refractivity contribution < 1.29 is 39.2 Å². The van der Waals surface area contributed by atoms with E-state index < -0.39 is 69.6 Å². The second kappa shape index (κ2) is 9.97. The number of halogens is 1. The molecule has 0 unspecified atom stereocenters. The van der Waals surface area contributed by atoms with Gasteiger partial charge in [0.1, 0.15) is 28.7 Å². The van der Waals surface area contributed by atoms with Crippen molar-refractivity contribution in [2.24, 2.45) is 17.6 Å². The molecule has 1 aromatic rings. The molecule has 0 bridgehead atoms. The molecule has 4 rings (SSSR count). The van der Waals surface area contributed by atoms with E-state index in [9.17, 15) is 34.8 Å². The Kier molecular flexibility index (Phi) is 7.40. The van der Waals surface area contributed by atoms with Crippen molar-refractivity contribution in [3.8, 4) is 5.75 Å². The maximum atomic E-state index is 16.1. The number of aliphatic hydroxyl groups excluding tert-OH is 2. The van der Waals surface area contributed by atoms with E-state index in [4.69, 9.17) is 5.73 Å². The van der Waals surface area contributed by atoms with Gasteiger partial charge in [0.15, 0.2) is 11.4 Å². The maximum Gasteiger partial charge on any atom is 0.255 e. The fraction of sp³-hybridized carbons (Fsp3) is 0.552. The van der Waals surface area contributed by atoms with Gasteiger partial charge in [0.25, 0.3) is 5.91 Å². The molecule has 6 N–H and O–H groups in total. The van der Waals surface area contributed by atoms with Gasteiger partial charge in [0.2, 0.25) is 5.78 Å². The fourth-order valence-electron chi connectivity index (χ4n) is 6.65. The quantitative estimate of drug-likeness (QED) is 0.315. The number of fused-ring (bicyclic) bond motifs is 3. The van der Waals surface area contributed by atoms with Crippen molar-refractivity contribution in [2.75, 3.05) is 20.6 Å². The number of nitrogens with zero attached hydrogens (tertiary/aromatic N) is 2. The monoisotopic (exact) mass is 559 g/mol. The highest BCUT2D eigenvalue weighted by atomic mass is 19.1. The second-order valence-electron chi connectivity index (χ2n) is 11.9. The summed E-state index contributed by atoms with van der Waals surface area (Å²) in [4.78, 5) is 42.7. The highest BCUT2D eigenvalue weighted by molar-refractivity contribution is 6.24. The first-order valence-corrected chi connectivity index (χ1v) is 13.5. The summed E-state index contributed by atoms with van der Waals surface area (Å²) in [6.07, 6.45) is 0.618. The molecule has 3 aliphatic carbocycles. The summed E-state index contributed by atoms with van der Waals surface area (Å²) in [7, 11) is 3.10. The number of amides is 1. The van der Waals surface area contributed by atoms with Crippen LogP contribution in [-0.2, 0) is 22.6 Å². The SMILES string of the molecule is CCN(Cc1cc(O)c2c(c1F)C[C@H]1C[C@H]3[C@H](N(C)C)C(O)=C(C(N)=O)C(=O)[C@@]3(O)C(O)=C1C2=O)C(C)(C)CC. The number of phenolic OH excluding ortho intramolecular Hbond substituents is 1. The molecule has 1 aromatic carbocycles. The number of nitrogens with two attached hydrogens (primary N) is 1. The van der Waals surface area contributed by atoms with Crippen molar-refractivity contribution in [1.29, 1.82) is 0 Å². The lowest BCUT2D eigenvalue weighted by atomic mass is 9.58. The molecule has 0 spiro atoms. The molecule has 0 aromatic heterocycles. The van der Waals surface area contributed by atoms with Crippen LogP contribution in [0, 0.1) is 17.7 Å².